The van der Waals surface area contributed by atoms with E-state index in [0.717, 1.165) is 12.0 Å². The van der Waals surface area contributed by atoms with Gasteiger partial charge in [-0.25, -0.2) is 0 Å². The van der Waals surface area contributed by atoms with E-state index in [1.165, 1.54) is 51.1 Å². The smallest absolute Gasteiger partial charge is 0.0154 e. The van der Waals surface area contributed by atoms with Gasteiger partial charge in [-0.1, -0.05) is 0 Å². The van der Waals surface area contributed by atoms with Gasteiger partial charge in [-0.3, -0.25) is 0 Å². The van der Waals surface area contributed by atoms with E-state index in [4.69, 9.17) is 0 Å². The zero-order chi connectivity index (χ0) is 11.8. The van der Waals surface area contributed by atoms with Gasteiger partial charge in [-0.15, -0.1) is 0 Å². The quantitative estimate of drug-likeness (QED) is 0.740. The molecule has 1 saturated heterocycles. The molecule has 1 rings (SSSR count). The van der Waals surface area contributed by atoms with Crippen LogP contribution in [0.5, 0.6) is 0 Å². The summed E-state index contributed by atoms with van der Waals surface area (Å²) in [5, 5.41) is 3.44. The van der Waals surface area contributed by atoms with Gasteiger partial charge < -0.3 is 10.2 Å². The minimum absolute atomic E-state index is 0.725. The van der Waals surface area contributed by atoms with Gasteiger partial charge in [0.25, 0.3) is 0 Å². The van der Waals surface area contributed by atoms with Crippen molar-refractivity contribution in [2.45, 2.75) is 38.6 Å². The predicted molar refractivity (Wildman–Crippen MR) is 75.3 cm³/mol. The molecule has 0 bridgehead atoms. The highest BCUT2D eigenvalue weighted by molar-refractivity contribution is 7.98. The first-order valence-electron chi connectivity index (χ1n) is 6.64. The highest BCUT2D eigenvalue weighted by Gasteiger charge is 2.13. The van der Waals surface area contributed by atoms with Crippen molar-refractivity contribution in [3.05, 3.63) is 0 Å². The molecular formula is C13H28N2S. The van der Waals surface area contributed by atoms with Gasteiger partial charge >= 0.3 is 0 Å². The fraction of sp³-hybridized carbons (Fsp3) is 1.00. The molecule has 1 atom stereocenters. The fourth-order valence-electron chi connectivity index (χ4n) is 2.39. The summed E-state index contributed by atoms with van der Waals surface area (Å²) in [6, 6.07) is 0.725. The van der Waals surface area contributed by atoms with E-state index in [1.807, 2.05) is 11.8 Å². The Labute approximate surface area is 106 Å². The lowest BCUT2D eigenvalue weighted by Gasteiger charge is -2.26. The number of nitrogens with one attached hydrogen (secondary N) is 1. The molecule has 0 saturated carbocycles. The Kier molecular flexibility index (Phi) is 7.50. The van der Waals surface area contributed by atoms with Gasteiger partial charge in [0.1, 0.15) is 0 Å². The number of hydrogen-bond acceptors (Lipinski definition) is 3. The van der Waals surface area contributed by atoms with E-state index in [1.54, 1.807) is 0 Å². The molecular weight excluding hydrogens is 216 g/mol. The Bertz CT molecular complexity index is 169. The molecule has 0 radical (unpaired) electrons. The van der Waals surface area contributed by atoms with Crippen molar-refractivity contribution in [1.29, 1.82) is 0 Å². The van der Waals surface area contributed by atoms with Crippen LogP contribution in [0.25, 0.3) is 0 Å². The third-order valence-corrected chi connectivity index (χ3v) is 4.56. The van der Waals surface area contributed by atoms with E-state index in [9.17, 15) is 0 Å². The van der Waals surface area contributed by atoms with Gasteiger partial charge in [-0.2, -0.15) is 11.8 Å². The van der Waals surface area contributed by atoms with Crippen molar-refractivity contribution in [3.8, 4) is 0 Å². The van der Waals surface area contributed by atoms with Gasteiger partial charge in [-0.05, 0) is 71.5 Å². The van der Waals surface area contributed by atoms with Crippen molar-refractivity contribution in [2.75, 3.05) is 38.7 Å². The topological polar surface area (TPSA) is 15.3 Å². The minimum atomic E-state index is 0.725. The van der Waals surface area contributed by atoms with Crippen LogP contribution in [0, 0.1) is 5.92 Å². The lowest BCUT2D eigenvalue weighted by Crippen LogP contribution is -2.32. The van der Waals surface area contributed by atoms with Crippen LogP contribution in [0.15, 0.2) is 0 Å². The molecule has 2 nitrogen and oxygen atoms in total. The highest BCUT2D eigenvalue weighted by atomic mass is 32.2. The number of rotatable bonds is 7. The van der Waals surface area contributed by atoms with E-state index in [2.05, 4.69) is 30.4 Å². The molecule has 0 aromatic carbocycles. The Morgan fingerprint density at radius 1 is 1.38 bits per heavy atom. The molecule has 0 aromatic rings. The van der Waals surface area contributed by atoms with Crippen molar-refractivity contribution in [3.63, 3.8) is 0 Å². The van der Waals surface area contributed by atoms with Crippen LogP contribution in [0.4, 0.5) is 0 Å². The van der Waals surface area contributed by atoms with Gasteiger partial charge in [0, 0.05) is 11.8 Å². The number of piperidine rings is 1. The van der Waals surface area contributed by atoms with Gasteiger partial charge in [0.05, 0.1) is 0 Å². The maximum atomic E-state index is 3.44. The molecule has 96 valence electrons. The summed E-state index contributed by atoms with van der Waals surface area (Å²) >= 11 is 1.95. The molecule has 1 aliphatic rings. The Balaban J connectivity index is 2.04. The molecule has 16 heavy (non-hydrogen) atoms. The van der Waals surface area contributed by atoms with Crippen LogP contribution < -0.4 is 5.32 Å². The van der Waals surface area contributed by atoms with Crippen molar-refractivity contribution in [2.24, 2.45) is 5.92 Å². The van der Waals surface area contributed by atoms with Crippen LogP contribution in [0.3, 0.4) is 0 Å². The molecule has 0 aromatic heterocycles. The van der Waals surface area contributed by atoms with Crippen molar-refractivity contribution >= 4 is 11.8 Å². The first kappa shape index (κ1) is 14.3. The third kappa shape index (κ3) is 5.55. The molecule has 1 heterocycles. The summed E-state index contributed by atoms with van der Waals surface area (Å²) in [4.78, 5) is 2.51. The standard InChI is InChI=1S/C13H28N2S/c1-12(11-16-3)15(2)10-4-5-13-6-8-14-9-7-13/h12-14H,4-11H2,1-3H3. The average Bonchev–Trinajstić information content (AvgIpc) is 2.30. The predicted octanol–water partition coefficient (Wildman–Crippen LogP) is 2.45. The second-order valence-electron chi connectivity index (χ2n) is 5.12. The van der Waals surface area contributed by atoms with Crippen LogP contribution in [-0.4, -0.2) is 49.6 Å². The Hall–Kier alpha value is 0.270. The lowest BCUT2D eigenvalue weighted by atomic mass is 9.93. The second kappa shape index (κ2) is 8.37. The summed E-state index contributed by atoms with van der Waals surface area (Å²) in [7, 11) is 2.27. The van der Waals surface area contributed by atoms with Gasteiger partial charge in [0.15, 0.2) is 0 Å². The van der Waals surface area contributed by atoms with Crippen LogP contribution in [0.1, 0.15) is 32.6 Å². The molecule has 1 aliphatic heterocycles. The number of nitrogens with zero attached hydrogens (tertiary/aromatic N) is 1. The SMILES string of the molecule is CSCC(C)N(C)CCCC1CCNCC1. The zero-order valence-corrected chi connectivity index (χ0v) is 12.0. The van der Waals surface area contributed by atoms with Crippen molar-refractivity contribution in [1.82, 2.24) is 10.2 Å². The first-order chi connectivity index (χ1) is 7.74. The molecule has 1 fully saturated rings. The fourth-order valence-corrected chi connectivity index (χ4v) is 3.13. The van der Waals surface area contributed by atoms with Gasteiger partial charge in [0.2, 0.25) is 0 Å². The zero-order valence-electron chi connectivity index (χ0n) is 11.2. The summed E-state index contributed by atoms with van der Waals surface area (Å²) in [5.41, 5.74) is 0. The van der Waals surface area contributed by atoms with Crippen LogP contribution in [0.2, 0.25) is 0 Å². The second-order valence-corrected chi connectivity index (χ2v) is 6.03. The molecule has 0 aliphatic carbocycles. The summed E-state index contributed by atoms with van der Waals surface area (Å²) in [6.07, 6.45) is 7.78. The minimum Gasteiger partial charge on any atom is -0.317 e. The maximum Gasteiger partial charge on any atom is 0.0154 e. The molecule has 0 amide bonds. The van der Waals surface area contributed by atoms with Crippen LogP contribution >= 0.6 is 11.8 Å². The normalized spacial score (nSPS) is 20.2. The van der Waals surface area contributed by atoms with E-state index in [0.29, 0.717) is 0 Å². The molecule has 3 heteroatoms. The molecule has 0 spiro atoms. The van der Waals surface area contributed by atoms with Crippen molar-refractivity contribution < 1.29 is 0 Å². The summed E-state index contributed by atoms with van der Waals surface area (Å²) in [6.45, 7) is 6.08. The largest absolute Gasteiger partial charge is 0.317 e. The van der Waals surface area contributed by atoms with E-state index in [-0.39, 0.29) is 0 Å². The van der Waals surface area contributed by atoms with Crippen LogP contribution in [-0.2, 0) is 0 Å². The van der Waals surface area contributed by atoms with E-state index < -0.39 is 0 Å². The third-order valence-electron chi connectivity index (χ3n) is 3.74. The monoisotopic (exact) mass is 244 g/mol. The average molecular weight is 244 g/mol. The first-order valence-corrected chi connectivity index (χ1v) is 8.03. The Morgan fingerprint density at radius 3 is 2.69 bits per heavy atom. The number of thioether (sulfide) groups is 1. The Morgan fingerprint density at radius 2 is 2.06 bits per heavy atom. The summed E-state index contributed by atoms with van der Waals surface area (Å²) in [5.74, 6) is 2.25. The van der Waals surface area contributed by atoms with E-state index >= 15 is 0 Å². The maximum absolute atomic E-state index is 3.44. The molecule has 1 N–H and O–H groups in total. The number of hydrogen-bond donors (Lipinski definition) is 1. The molecule has 1 unspecified atom stereocenters. The highest BCUT2D eigenvalue weighted by Crippen LogP contribution is 2.18. The lowest BCUT2D eigenvalue weighted by molar-refractivity contribution is 0.254. The summed E-state index contributed by atoms with van der Waals surface area (Å²) < 4.78 is 0.